The number of ether oxygens (including phenoxy) is 1. The lowest BCUT2D eigenvalue weighted by molar-refractivity contribution is -0.127. The molecule has 8 nitrogen and oxygen atoms in total. The fraction of sp³-hybridized carbons (Fsp3) is 0.500. The average Bonchev–Trinajstić information content (AvgIpc) is 2.53. The summed E-state index contributed by atoms with van der Waals surface area (Å²) >= 11 is 0. The van der Waals surface area contributed by atoms with E-state index in [1.807, 2.05) is 0 Å². The number of anilines is 1. The van der Waals surface area contributed by atoms with Crippen molar-refractivity contribution in [1.82, 2.24) is 10.6 Å². The predicted octanol–water partition coefficient (Wildman–Crippen LogP) is 1.54. The van der Waals surface area contributed by atoms with Crippen LogP contribution >= 0.6 is 0 Å². The topological polar surface area (TPSA) is 117 Å². The number of alkyl carbamates (subject to hydrolysis) is 1. The standard InChI is InChI=1S/C18H27N3O5/c1-11(16(24)21-14-8-6-13(10-22)7-9-14)19-15(23)12(2)20-17(25)26-18(3,4)5/h6-9,11-12,22H,10H2,1-5H3,(H,19,23)(H,20,25)(H,21,24)/t11-,12-/m0/s1. The number of carbonyl (C=O) groups is 3. The van der Waals surface area contributed by atoms with E-state index in [4.69, 9.17) is 9.84 Å². The predicted molar refractivity (Wildman–Crippen MR) is 97.4 cm³/mol. The summed E-state index contributed by atoms with van der Waals surface area (Å²) in [5.41, 5.74) is 0.610. The Balaban J connectivity index is 2.51. The van der Waals surface area contributed by atoms with Crippen LogP contribution in [0.25, 0.3) is 0 Å². The molecule has 144 valence electrons. The SMILES string of the molecule is C[C@H](NC(=O)OC(C)(C)C)C(=O)N[C@@H](C)C(=O)Nc1ccc(CO)cc1. The Hall–Kier alpha value is -2.61. The first-order valence-corrected chi connectivity index (χ1v) is 8.32. The quantitative estimate of drug-likeness (QED) is 0.610. The second-order valence-corrected chi connectivity index (χ2v) is 6.94. The molecule has 26 heavy (non-hydrogen) atoms. The van der Waals surface area contributed by atoms with Crippen LogP contribution < -0.4 is 16.0 Å². The molecule has 0 aromatic heterocycles. The first kappa shape index (κ1) is 21.4. The van der Waals surface area contributed by atoms with E-state index < -0.39 is 35.6 Å². The van der Waals surface area contributed by atoms with Crippen LogP contribution in [0.3, 0.4) is 0 Å². The summed E-state index contributed by atoms with van der Waals surface area (Å²) in [4.78, 5) is 35.9. The Morgan fingerprint density at radius 2 is 1.54 bits per heavy atom. The number of carbonyl (C=O) groups excluding carboxylic acids is 3. The minimum atomic E-state index is -0.857. The highest BCUT2D eigenvalue weighted by atomic mass is 16.6. The van der Waals surface area contributed by atoms with Gasteiger partial charge in [-0.1, -0.05) is 12.1 Å². The van der Waals surface area contributed by atoms with E-state index in [1.54, 1.807) is 45.0 Å². The van der Waals surface area contributed by atoms with Gasteiger partial charge < -0.3 is 25.8 Å². The van der Waals surface area contributed by atoms with Gasteiger partial charge in [0.1, 0.15) is 17.7 Å². The maximum absolute atomic E-state index is 12.1. The van der Waals surface area contributed by atoms with Crippen LogP contribution in [0, 0.1) is 0 Å². The first-order valence-electron chi connectivity index (χ1n) is 8.32. The molecule has 0 unspecified atom stereocenters. The van der Waals surface area contributed by atoms with Gasteiger partial charge in [-0.05, 0) is 52.3 Å². The number of hydrogen-bond acceptors (Lipinski definition) is 5. The molecule has 0 spiro atoms. The molecular weight excluding hydrogens is 338 g/mol. The minimum absolute atomic E-state index is 0.0801. The van der Waals surface area contributed by atoms with E-state index in [0.29, 0.717) is 5.69 Å². The molecule has 1 aromatic carbocycles. The number of amides is 3. The second-order valence-electron chi connectivity index (χ2n) is 6.94. The van der Waals surface area contributed by atoms with Crippen molar-refractivity contribution < 1.29 is 24.2 Å². The zero-order valence-electron chi connectivity index (χ0n) is 15.8. The van der Waals surface area contributed by atoms with Gasteiger partial charge in [-0.15, -0.1) is 0 Å². The second kappa shape index (κ2) is 9.19. The highest BCUT2D eigenvalue weighted by molar-refractivity contribution is 5.97. The highest BCUT2D eigenvalue weighted by Gasteiger charge is 2.23. The van der Waals surface area contributed by atoms with E-state index in [-0.39, 0.29) is 6.61 Å². The van der Waals surface area contributed by atoms with Crippen LogP contribution in [0.4, 0.5) is 10.5 Å². The van der Waals surface area contributed by atoms with E-state index in [2.05, 4.69) is 16.0 Å². The molecule has 1 rings (SSSR count). The van der Waals surface area contributed by atoms with Crippen LogP contribution in [0.1, 0.15) is 40.2 Å². The summed E-state index contributed by atoms with van der Waals surface area (Å²) in [6, 6.07) is 5.03. The average molecular weight is 365 g/mol. The number of nitrogens with one attached hydrogen (secondary N) is 3. The molecule has 0 fully saturated rings. The summed E-state index contributed by atoms with van der Waals surface area (Å²) < 4.78 is 5.08. The van der Waals surface area contributed by atoms with Gasteiger partial charge in [-0.3, -0.25) is 9.59 Å². The zero-order chi connectivity index (χ0) is 19.9. The Labute approximate surface area is 153 Å². The normalized spacial score (nSPS) is 13.3. The van der Waals surface area contributed by atoms with E-state index >= 15 is 0 Å². The van der Waals surface area contributed by atoms with Gasteiger partial charge in [0, 0.05) is 5.69 Å². The van der Waals surface area contributed by atoms with Gasteiger partial charge in [0.2, 0.25) is 11.8 Å². The third kappa shape index (κ3) is 7.52. The van der Waals surface area contributed by atoms with Crippen LogP contribution in [-0.4, -0.2) is 40.7 Å². The lowest BCUT2D eigenvalue weighted by Gasteiger charge is -2.22. The third-order valence-electron chi connectivity index (χ3n) is 3.28. The van der Waals surface area contributed by atoms with Gasteiger partial charge >= 0.3 is 6.09 Å². The number of aliphatic hydroxyl groups is 1. The van der Waals surface area contributed by atoms with Crippen LogP contribution in [0.2, 0.25) is 0 Å². The molecule has 8 heteroatoms. The van der Waals surface area contributed by atoms with Crippen LogP contribution in [0.5, 0.6) is 0 Å². The Kier molecular flexibility index (Phi) is 7.57. The van der Waals surface area contributed by atoms with Crippen molar-refractivity contribution in [2.75, 3.05) is 5.32 Å². The molecule has 0 aliphatic heterocycles. The summed E-state index contributed by atoms with van der Waals surface area (Å²) in [5.74, 6) is -0.909. The van der Waals surface area contributed by atoms with Crippen molar-refractivity contribution in [2.45, 2.75) is 58.9 Å². The molecule has 0 saturated heterocycles. The summed E-state index contributed by atoms with van der Waals surface area (Å²) in [6.07, 6.45) is -0.707. The maximum atomic E-state index is 12.1. The fourth-order valence-corrected chi connectivity index (χ4v) is 1.90. The molecule has 0 aliphatic carbocycles. The first-order chi connectivity index (χ1) is 12.0. The van der Waals surface area contributed by atoms with Gasteiger partial charge in [-0.2, -0.15) is 0 Å². The van der Waals surface area contributed by atoms with E-state index in [1.165, 1.54) is 13.8 Å². The molecule has 3 amide bonds. The van der Waals surface area contributed by atoms with Crippen molar-refractivity contribution >= 4 is 23.6 Å². The minimum Gasteiger partial charge on any atom is -0.444 e. The van der Waals surface area contributed by atoms with Crippen molar-refractivity contribution in [3.8, 4) is 0 Å². The summed E-state index contributed by atoms with van der Waals surface area (Å²) in [7, 11) is 0. The lowest BCUT2D eigenvalue weighted by atomic mass is 10.2. The number of benzene rings is 1. The van der Waals surface area contributed by atoms with Crippen LogP contribution in [0.15, 0.2) is 24.3 Å². The Morgan fingerprint density at radius 1 is 1.00 bits per heavy atom. The van der Waals surface area contributed by atoms with Crippen molar-refractivity contribution in [3.05, 3.63) is 29.8 Å². The molecule has 0 saturated carbocycles. The Morgan fingerprint density at radius 3 is 2.04 bits per heavy atom. The molecule has 0 heterocycles. The van der Waals surface area contributed by atoms with Crippen molar-refractivity contribution in [3.63, 3.8) is 0 Å². The molecule has 1 aromatic rings. The number of aliphatic hydroxyl groups excluding tert-OH is 1. The molecule has 4 N–H and O–H groups in total. The van der Waals surface area contributed by atoms with E-state index in [0.717, 1.165) is 5.56 Å². The monoisotopic (exact) mass is 365 g/mol. The summed E-state index contributed by atoms with van der Waals surface area (Å²) in [6.45, 7) is 8.11. The van der Waals surface area contributed by atoms with Crippen molar-refractivity contribution in [1.29, 1.82) is 0 Å². The van der Waals surface area contributed by atoms with Gasteiger partial charge in [0.25, 0.3) is 0 Å². The van der Waals surface area contributed by atoms with Crippen molar-refractivity contribution in [2.24, 2.45) is 0 Å². The lowest BCUT2D eigenvalue weighted by Crippen LogP contribution is -2.51. The largest absolute Gasteiger partial charge is 0.444 e. The Bertz CT molecular complexity index is 637. The summed E-state index contributed by atoms with van der Waals surface area (Å²) in [5, 5.41) is 16.6. The van der Waals surface area contributed by atoms with E-state index in [9.17, 15) is 14.4 Å². The smallest absolute Gasteiger partial charge is 0.408 e. The highest BCUT2D eigenvalue weighted by Crippen LogP contribution is 2.10. The molecule has 0 aliphatic rings. The van der Waals surface area contributed by atoms with Gasteiger partial charge in [-0.25, -0.2) is 4.79 Å². The zero-order valence-corrected chi connectivity index (χ0v) is 15.8. The fourth-order valence-electron chi connectivity index (χ4n) is 1.90. The number of hydrogen-bond donors (Lipinski definition) is 4. The molecule has 0 radical (unpaired) electrons. The van der Waals surface area contributed by atoms with Crippen LogP contribution in [-0.2, 0) is 20.9 Å². The molecule has 0 bridgehead atoms. The third-order valence-corrected chi connectivity index (χ3v) is 3.28. The molecule has 2 atom stereocenters. The molecular formula is C18H27N3O5. The van der Waals surface area contributed by atoms with Gasteiger partial charge in [0.05, 0.1) is 6.61 Å². The maximum Gasteiger partial charge on any atom is 0.408 e. The number of rotatable bonds is 6. The van der Waals surface area contributed by atoms with Gasteiger partial charge in [0.15, 0.2) is 0 Å².